The fourth-order valence-electron chi connectivity index (χ4n) is 3.52. The molecule has 0 bridgehead atoms. The van der Waals surface area contributed by atoms with Crippen LogP contribution in [0.3, 0.4) is 0 Å². The minimum Gasteiger partial charge on any atom is -0.312 e. The van der Waals surface area contributed by atoms with Gasteiger partial charge in [-0.15, -0.1) is 11.3 Å². The van der Waals surface area contributed by atoms with Crippen LogP contribution in [0.15, 0.2) is 39.0 Å². The summed E-state index contributed by atoms with van der Waals surface area (Å²) in [7, 11) is -3.40. The lowest BCUT2D eigenvalue weighted by molar-refractivity contribution is -0.117. The van der Waals surface area contributed by atoms with E-state index in [1.165, 1.54) is 11.3 Å². The number of hydrogen-bond donors (Lipinski definition) is 0. The Bertz CT molecular complexity index is 949. The number of fused-ring (bicyclic) bond motifs is 1. The number of rotatable bonds is 4. The zero-order valence-corrected chi connectivity index (χ0v) is 17.4. The molecule has 2 aliphatic rings. The Labute approximate surface area is 165 Å². The second-order valence-electron chi connectivity index (χ2n) is 6.58. The molecule has 1 aromatic carbocycles. The number of anilines is 1. The Balaban J connectivity index is 1.49. The average molecular weight is 455 g/mol. The highest BCUT2D eigenvalue weighted by molar-refractivity contribution is 9.10. The van der Waals surface area contributed by atoms with Gasteiger partial charge in [0, 0.05) is 34.7 Å². The minimum absolute atomic E-state index is 0.0121. The van der Waals surface area contributed by atoms with E-state index in [-0.39, 0.29) is 12.3 Å². The van der Waals surface area contributed by atoms with Gasteiger partial charge in [0.2, 0.25) is 5.91 Å². The lowest BCUT2D eigenvalue weighted by Crippen LogP contribution is -2.30. The third kappa shape index (κ3) is 3.35. The summed E-state index contributed by atoms with van der Waals surface area (Å²) in [4.78, 5) is 15.3. The van der Waals surface area contributed by atoms with Gasteiger partial charge in [0.25, 0.3) is 10.0 Å². The molecule has 3 heterocycles. The summed E-state index contributed by atoms with van der Waals surface area (Å²) in [5.74, 6) is 0.0121. The molecule has 0 unspecified atom stereocenters. The summed E-state index contributed by atoms with van der Waals surface area (Å²) >= 11 is 4.68. The van der Waals surface area contributed by atoms with E-state index >= 15 is 0 Å². The molecular weight excluding hydrogens is 436 g/mol. The van der Waals surface area contributed by atoms with Crippen molar-refractivity contribution < 1.29 is 13.2 Å². The quantitative estimate of drug-likeness (QED) is 0.710. The van der Waals surface area contributed by atoms with Gasteiger partial charge in [-0.25, -0.2) is 8.42 Å². The number of amides is 1. The van der Waals surface area contributed by atoms with Crippen molar-refractivity contribution >= 4 is 48.9 Å². The first-order chi connectivity index (χ1) is 12.4. The molecular formula is C18H19BrN2O3S2. The van der Waals surface area contributed by atoms with E-state index < -0.39 is 10.0 Å². The lowest BCUT2D eigenvalue weighted by Gasteiger charge is -2.17. The standard InChI is InChI=1S/C18H19BrN2O3S2/c19-14-3-5-16-13(11-14)7-10-21(16)17(22)12-15-4-6-18(25-15)26(23,24)20-8-1-2-9-20/h3-6,11H,1-2,7-10,12H2. The van der Waals surface area contributed by atoms with Crippen LogP contribution in [0, 0.1) is 0 Å². The number of carbonyl (C=O) groups excluding carboxylic acids is 1. The number of carbonyl (C=O) groups is 1. The zero-order chi connectivity index (χ0) is 18.3. The number of halogens is 1. The zero-order valence-electron chi connectivity index (χ0n) is 14.2. The molecule has 2 aromatic rings. The first-order valence-electron chi connectivity index (χ1n) is 8.63. The van der Waals surface area contributed by atoms with Gasteiger partial charge in [-0.3, -0.25) is 4.79 Å². The number of hydrogen-bond acceptors (Lipinski definition) is 4. The molecule has 0 aliphatic carbocycles. The fourth-order valence-corrected chi connectivity index (χ4v) is 6.95. The Kier molecular flexibility index (Phi) is 4.94. The van der Waals surface area contributed by atoms with Crippen molar-refractivity contribution in [1.29, 1.82) is 0 Å². The predicted molar refractivity (Wildman–Crippen MR) is 106 cm³/mol. The highest BCUT2D eigenvalue weighted by Gasteiger charge is 2.29. The number of thiophene rings is 1. The minimum atomic E-state index is -3.40. The highest BCUT2D eigenvalue weighted by Crippen LogP contribution is 2.32. The smallest absolute Gasteiger partial charge is 0.252 e. The highest BCUT2D eigenvalue weighted by atomic mass is 79.9. The van der Waals surface area contributed by atoms with Crippen LogP contribution >= 0.6 is 27.3 Å². The van der Waals surface area contributed by atoms with Crippen LogP contribution < -0.4 is 4.90 Å². The molecule has 5 nitrogen and oxygen atoms in total. The van der Waals surface area contributed by atoms with E-state index in [1.807, 2.05) is 12.1 Å². The van der Waals surface area contributed by atoms with Gasteiger partial charge < -0.3 is 4.90 Å². The third-order valence-corrected chi connectivity index (χ3v) is 8.80. The van der Waals surface area contributed by atoms with Crippen LogP contribution in [0.25, 0.3) is 0 Å². The van der Waals surface area contributed by atoms with Crippen LogP contribution in [0.2, 0.25) is 0 Å². The van der Waals surface area contributed by atoms with Crippen molar-refractivity contribution in [3.63, 3.8) is 0 Å². The number of sulfonamides is 1. The Hall–Kier alpha value is -1.22. The molecule has 8 heteroatoms. The Morgan fingerprint density at radius 1 is 1.12 bits per heavy atom. The maximum atomic E-state index is 12.7. The van der Waals surface area contributed by atoms with Gasteiger partial charge in [-0.1, -0.05) is 15.9 Å². The molecule has 0 N–H and O–H groups in total. The summed E-state index contributed by atoms with van der Waals surface area (Å²) in [6, 6.07) is 9.35. The van der Waals surface area contributed by atoms with Crippen molar-refractivity contribution in [1.82, 2.24) is 4.31 Å². The first-order valence-corrected chi connectivity index (χ1v) is 11.7. The molecule has 1 amide bonds. The Morgan fingerprint density at radius 2 is 1.88 bits per heavy atom. The largest absolute Gasteiger partial charge is 0.312 e. The molecule has 4 rings (SSSR count). The third-order valence-electron chi connectivity index (χ3n) is 4.86. The molecule has 0 spiro atoms. The molecule has 0 saturated carbocycles. The topological polar surface area (TPSA) is 57.7 Å². The molecule has 1 saturated heterocycles. The average Bonchev–Trinajstić information content (AvgIpc) is 3.34. The molecule has 26 heavy (non-hydrogen) atoms. The van der Waals surface area contributed by atoms with Crippen LogP contribution in [0.5, 0.6) is 0 Å². The van der Waals surface area contributed by atoms with Crippen molar-refractivity contribution in [2.24, 2.45) is 0 Å². The van der Waals surface area contributed by atoms with E-state index in [4.69, 9.17) is 0 Å². The van der Waals surface area contributed by atoms with Crippen molar-refractivity contribution in [2.75, 3.05) is 24.5 Å². The van der Waals surface area contributed by atoms with E-state index in [9.17, 15) is 13.2 Å². The van der Waals surface area contributed by atoms with Crippen LogP contribution in [0.1, 0.15) is 23.3 Å². The summed E-state index contributed by atoms with van der Waals surface area (Å²) in [6.07, 6.45) is 2.91. The second-order valence-corrected chi connectivity index (χ2v) is 10.8. The maximum absolute atomic E-state index is 12.7. The number of benzene rings is 1. The lowest BCUT2D eigenvalue weighted by atomic mass is 10.2. The van der Waals surface area contributed by atoms with Gasteiger partial charge in [0.05, 0.1) is 6.42 Å². The van der Waals surface area contributed by atoms with Gasteiger partial charge in [-0.05, 0) is 55.2 Å². The van der Waals surface area contributed by atoms with Crippen LogP contribution in [-0.4, -0.2) is 38.3 Å². The van der Waals surface area contributed by atoms with Gasteiger partial charge >= 0.3 is 0 Å². The summed E-state index contributed by atoms with van der Waals surface area (Å²) in [6.45, 7) is 1.86. The van der Waals surface area contributed by atoms with Crippen LogP contribution in [0.4, 0.5) is 5.69 Å². The normalized spacial score (nSPS) is 17.7. The Morgan fingerprint density at radius 3 is 2.65 bits per heavy atom. The van der Waals surface area contributed by atoms with Crippen molar-refractivity contribution in [2.45, 2.75) is 29.9 Å². The van der Waals surface area contributed by atoms with Crippen molar-refractivity contribution in [3.8, 4) is 0 Å². The molecule has 1 fully saturated rings. The molecule has 2 aliphatic heterocycles. The maximum Gasteiger partial charge on any atom is 0.252 e. The summed E-state index contributed by atoms with van der Waals surface area (Å²) in [5.41, 5.74) is 2.12. The van der Waals surface area contributed by atoms with Gasteiger partial charge in [0.1, 0.15) is 4.21 Å². The fraction of sp³-hybridized carbons (Fsp3) is 0.389. The number of nitrogens with zero attached hydrogens (tertiary/aromatic N) is 2. The van der Waals surface area contributed by atoms with Gasteiger partial charge in [0.15, 0.2) is 0 Å². The summed E-state index contributed by atoms with van der Waals surface area (Å²) in [5, 5.41) is 0. The van der Waals surface area contributed by atoms with Crippen molar-refractivity contribution in [3.05, 3.63) is 45.2 Å². The van der Waals surface area contributed by atoms with Gasteiger partial charge in [-0.2, -0.15) is 4.31 Å². The predicted octanol–water partition coefficient (Wildman–Crippen LogP) is 3.43. The first kappa shape index (κ1) is 18.2. The second kappa shape index (κ2) is 7.07. The van der Waals surface area contributed by atoms with E-state index in [2.05, 4.69) is 22.0 Å². The molecule has 138 valence electrons. The van der Waals surface area contributed by atoms with Crippen LogP contribution in [-0.2, 0) is 27.7 Å². The summed E-state index contributed by atoms with van der Waals surface area (Å²) < 4.78 is 28.1. The van der Waals surface area contributed by atoms with E-state index in [0.29, 0.717) is 23.8 Å². The molecule has 0 atom stereocenters. The SMILES string of the molecule is O=C(Cc1ccc(S(=O)(=O)N2CCCC2)s1)N1CCc2cc(Br)ccc21. The van der Waals surface area contributed by atoms with E-state index in [1.54, 1.807) is 21.3 Å². The monoisotopic (exact) mass is 454 g/mol. The molecule has 0 radical (unpaired) electrons. The molecule has 1 aromatic heterocycles. The van der Waals surface area contributed by atoms with E-state index in [0.717, 1.165) is 39.9 Å².